The van der Waals surface area contributed by atoms with Gasteiger partial charge in [-0.25, -0.2) is 0 Å². The Kier molecular flexibility index (Phi) is 6.18. The van der Waals surface area contributed by atoms with Gasteiger partial charge in [0.25, 0.3) is 0 Å². The second-order valence-electron chi connectivity index (χ2n) is 8.38. The molecule has 1 fully saturated rings. The first-order valence-corrected chi connectivity index (χ1v) is 10.9. The summed E-state index contributed by atoms with van der Waals surface area (Å²) in [6, 6.07) is 14.0. The van der Waals surface area contributed by atoms with Crippen LogP contribution in [0, 0.1) is 13.8 Å². The van der Waals surface area contributed by atoms with Gasteiger partial charge in [0.15, 0.2) is 0 Å². The smallest absolute Gasteiger partial charge is 0.221 e. The fourth-order valence-electron chi connectivity index (χ4n) is 4.55. The van der Waals surface area contributed by atoms with Crippen molar-refractivity contribution in [3.63, 3.8) is 0 Å². The first-order chi connectivity index (χ1) is 15.0. The molecular formula is C25H32N3O3+. The molecule has 2 aromatic heterocycles. The Labute approximate surface area is 184 Å². The Hall–Kier alpha value is -2.99. The van der Waals surface area contributed by atoms with Crippen LogP contribution in [0.3, 0.4) is 0 Å². The zero-order valence-electron chi connectivity index (χ0n) is 18.9. The number of Topliss-reactive ketones (excluding diaryl/α,β-unsaturated/α-hetero) is 1. The number of quaternary nitrogens is 1. The molecule has 0 spiro atoms. The first kappa shape index (κ1) is 21.2. The molecule has 164 valence electrons. The van der Waals surface area contributed by atoms with Crippen LogP contribution in [-0.2, 0) is 6.54 Å². The zero-order valence-corrected chi connectivity index (χ0v) is 18.9. The molecule has 6 heteroatoms. The molecule has 0 bridgehead atoms. The number of hydrogen-bond donors (Lipinski definition) is 1. The SMILES string of the molecule is COc1ccc(N2CC[NH+]([C@@H](C)C(=O)c3cc(C)n(Cc4ccco4)c3C)CC2)cc1. The zero-order chi connectivity index (χ0) is 22.0. The second-order valence-corrected chi connectivity index (χ2v) is 8.38. The van der Waals surface area contributed by atoms with E-state index >= 15 is 0 Å². The minimum Gasteiger partial charge on any atom is -0.497 e. The standard InChI is InChI=1S/C25H31N3O3/c1-18-16-24(19(2)28(18)17-23-6-5-15-31-23)25(29)20(3)26-11-13-27(14-12-26)21-7-9-22(30-4)10-8-21/h5-10,15-16,20H,11-14,17H2,1-4H3/p+1/t20-/m0/s1. The van der Waals surface area contributed by atoms with E-state index in [1.165, 1.54) is 10.6 Å². The highest BCUT2D eigenvalue weighted by molar-refractivity contribution is 6.00. The molecule has 4 rings (SSSR count). The molecule has 1 aromatic carbocycles. The molecule has 1 aliphatic rings. The minimum atomic E-state index is -0.0596. The Morgan fingerprint density at radius 2 is 1.87 bits per heavy atom. The molecular weight excluding hydrogens is 390 g/mol. The maximum Gasteiger partial charge on any atom is 0.221 e. The van der Waals surface area contributed by atoms with Gasteiger partial charge in [-0.1, -0.05) is 0 Å². The number of aryl methyl sites for hydroxylation is 1. The van der Waals surface area contributed by atoms with E-state index in [0.717, 1.165) is 54.6 Å². The van der Waals surface area contributed by atoms with Crippen molar-refractivity contribution < 1.29 is 18.8 Å². The largest absolute Gasteiger partial charge is 0.497 e. The summed E-state index contributed by atoms with van der Waals surface area (Å²) in [5.74, 6) is 2.00. The lowest BCUT2D eigenvalue weighted by atomic mass is 10.0. The number of benzene rings is 1. The Morgan fingerprint density at radius 1 is 1.16 bits per heavy atom. The van der Waals surface area contributed by atoms with Crippen LogP contribution >= 0.6 is 0 Å². The highest BCUT2D eigenvalue weighted by Gasteiger charge is 2.31. The molecule has 1 atom stereocenters. The van der Waals surface area contributed by atoms with Crippen LogP contribution in [0.1, 0.15) is 34.4 Å². The number of hydrogen-bond acceptors (Lipinski definition) is 4. The summed E-state index contributed by atoms with van der Waals surface area (Å²) in [6.45, 7) is 10.6. The van der Waals surface area contributed by atoms with Gasteiger partial charge in [0.05, 0.1) is 46.1 Å². The van der Waals surface area contributed by atoms with Crippen molar-refractivity contribution in [1.82, 2.24) is 4.57 Å². The number of ether oxygens (including phenoxy) is 1. The number of rotatable bonds is 7. The van der Waals surface area contributed by atoms with E-state index in [0.29, 0.717) is 6.54 Å². The maximum atomic E-state index is 13.4. The number of anilines is 1. The molecule has 1 aliphatic heterocycles. The fraction of sp³-hybridized carbons (Fsp3) is 0.400. The van der Waals surface area contributed by atoms with Crippen LogP contribution in [0.2, 0.25) is 0 Å². The lowest BCUT2D eigenvalue weighted by Crippen LogP contribution is -3.18. The van der Waals surface area contributed by atoms with Gasteiger partial charge in [0.2, 0.25) is 5.78 Å². The van der Waals surface area contributed by atoms with Gasteiger partial charge in [-0.15, -0.1) is 0 Å². The van der Waals surface area contributed by atoms with Crippen molar-refractivity contribution in [2.24, 2.45) is 0 Å². The Balaban J connectivity index is 1.41. The van der Waals surface area contributed by atoms with Gasteiger partial charge in [-0.2, -0.15) is 0 Å². The molecule has 0 amide bonds. The lowest BCUT2D eigenvalue weighted by molar-refractivity contribution is -0.914. The van der Waals surface area contributed by atoms with Crippen molar-refractivity contribution in [3.05, 3.63) is 71.4 Å². The third-order valence-electron chi connectivity index (χ3n) is 6.58. The van der Waals surface area contributed by atoms with Crippen LogP contribution in [0.15, 0.2) is 53.1 Å². The van der Waals surface area contributed by atoms with Gasteiger partial charge < -0.3 is 23.5 Å². The fourth-order valence-corrected chi connectivity index (χ4v) is 4.55. The second kappa shape index (κ2) is 9.02. The number of carbonyl (C=O) groups is 1. The molecule has 3 aromatic rings. The van der Waals surface area contributed by atoms with Gasteiger partial charge >= 0.3 is 0 Å². The maximum absolute atomic E-state index is 13.4. The third-order valence-corrected chi connectivity index (χ3v) is 6.58. The molecule has 6 nitrogen and oxygen atoms in total. The number of nitrogens with zero attached hydrogens (tertiary/aromatic N) is 2. The minimum absolute atomic E-state index is 0.0596. The molecule has 31 heavy (non-hydrogen) atoms. The number of piperazine rings is 1. The summed E-state index contributed by atoms with van der Waals surface area (Å²) in [7, 11) is 1.68. The molecule has 1 N–H and O–H groups in total. The topological polar surface area (TPSA) is 52.1 Å². The van der Waals surface area contributed by atoms with Crippen LogP contribution in [-0.4, -0.2) is 49.7 Å². The highest BCUT2D eigenvalue weighted by Crippen LogP contribution is 2.20. The predicted octanol–water partition coefficient (Wildman–Crippen LogP) is 2.73. The van der Waals surface area contributed by atoms with Crippen LogP contribution in [0.25, 0.3) is 0 Å². The summed E-state index contributed by atoms with van der Waals surface area (Å²) in [6.07, 6.45) is 1.69. The molecule has 0 unspecified atom stereocenters. The average Bonchev–Trinajstić information content (AvgIpc) is 3.42. The normalized spacial score (nSPS) is 15.8. The third kappa shape index (κ3) is 4.39. The number of ketones is 1. The van der Waals surface area contributed by atoms with Crippen molar-refractivity contribution in [2.75, 3.05) is 38.2 Å². The van der Waals surface area contributed by atoms with E-state index in [4.69, 9.17) is 9.15 Å². The van der Waals surface area contributed by atoms with Gasteiger partial charge in [-0.05, 0) is 63.2 Å². The Morgan fingerprint density at radius 3 is 2.48 bits per heavy atom. The van der Waals surface area contributed by atoms with Crippen molar-refractivity contribution in [1.29, 1.82) is 0 Å². The van der Waals surface area contributed by atoms with Gasteiger partial charge in [0, 0.05) is 22.6 Å². The van der Waals surface area contributed by atoms with Crippen molar-refractivity contribution in [3.8, 4) is 5.75 Å². The molecule has 3 heterocycles. The summed E-state index contributed by atoms with van der Waals surface area (Å²) in [5.41, 5.74) is 4.15. The molecule has 0 aliphatic carbocycles. The number of nitrogens with one attached hydrogen (secondary N) is 1. The van der Waals surface area contributed by atoms with E-state index < -0.39 is 0 Å². The van der Waals surface area contributed by atoms with E-state index in [1.807, 2.05) is 37.3 Å². The first-order valence-electron chi connectivity index (χ1n) is 10.9. The van der Waals surface area contributed by atoms with E-state index in [1.54, 1.807) is 13.4 Å². The average molecular weight is 423 g/mol. The van der Waals surface area contributed by atoms with Crippen molar-refractivity contribution >= 4 is 11.5 Å². The Bertz CT molecular complexity index is 1010. The molecule has 0 saturated carbocycles. The number of furan rings is 1. The summed E-state index contributed by atoms with van der Waals surface area (Å²) < 4.78 is 12.9. The number of aromatic nitrogens is 1. The lowest BCUT2D eigenvalue weighted by Gasteiger charge is -2.36. The molecule has 0 radical (unpaired) electrons. The quantitative estimate of drug-likeness (QED) is 0.595. The van der Waals surface area contributed by atoms with E-state index in [9.17, 15) is 4.79 Å². The molecule has 1 saturated heterocycles. The number of methoxy groups -OCH3 is 1. The van der Waals surface area contributed by atoms with E-state index in [-0.39, 0.29) is 11.8 Å². The summed E-state index contributed by atoms with van der Waals surface area (Å²) in [4.78, 5) is 17.1. The van der Waals surface area contributed by atoms with E-state index in [2.05, 4.69) is 35.4 Å². The van der Waals surface area contributed by atoms with Crippen molar-refractivity contribution in [2.45, 2.75) is 33.4 Å². The number of carbonyl (C=O) groups excluding carboxylic acids is 1. The monoisotopic (exact) mass is 422 g/mol. The van der Waals surface area contributed by atoms with Crippen LogP contribution < -0.4 is 14.5 Å². The summed E-state index contributed by atoms with van der Waals surface area (Å²) in [5, 5.41) is 0. The van der Waals surface area contributed by atoms with Crippen LogP contribution in [0.5, 0.6) is 5.75 Å². The van der Waals surface area contributed by atoms with Gasteiger partial charge in [-0.3, -0.25) is 4.79 Å². The predicted molar refractivity (Wildman–Crippen MR) is 121 cm³/mol. The van der Waals surface area contributed by atoms with Gasteiger partial charge in [0.1, 0.15) is 17.6 Å². The van der Waals surface area contributed by atoms with Crippen LogP contribution in [0.4, 0.5) is 5.69 Å². The highest BCUT2D eigenvalue weighted by atomic mass is 16.5. The summed E-state index contributed by atoms with van der Waals surface area (Å²) >= 11 is 0.